The minimum absolute atomic E-state index is 0.243. The van der Waals surface area contributed by atoms with E-state index in [1.165, 1.54) is 0 Å². The van der Waals surface area contributed by atoms with Gasteiger partial charge in [0.25, 0.3) is 0 Å². The van der Waals surface area contributed by atoms with Gasteiger partial charge < -0.3 is 10.4 Å². The standard InChI is InChI=1S/C5H9NO2/c1-3-2-4(3)6-5(7)8/h3-4,6H,2H2,1H3,(H,7,8). The maximum absolute atomic E-state index is 9.88. The van der Waals surface area contributed by atoms with Crippen LogP contribution >= 0.6 is 0 Å². The van der Waals surface area contributed by atoms with Crippen molar-refractivity contribution in [2.45, 2.75) is 19.4 Å². The quantitative estimate of drug-likeness (QED) is 0.527. The Morgan fingerprint density at radius 3 is 2.50 bits per heavy atom. The first-order valence-corrected chi connectivity index (χ1v) is 2.69. The Morgan fingerprint density at radius 1 is 1.88 bits per heavy atom. The normalized spacial score (nSPS) is 34.1. The number of carbonyl (C=O) groups is 1. The van der Waals surface area contributed by atoms with Crippen LogP contribution in [0.15, 0.2) is 0 Å². The smallest absolute Gasteiger partial charge is 0.404 e. The minimum Gasteiger partial charge on any atom is -0.465 e. The van der Waals surface area contributed by atoms with Crippen LogP contribution in [0.1, 0.15) is 13.3 Å². The van der Waals surface area contributed by atoms with Crippen LogP contribution in [0.5, 0.6) is 0 Å². The van der Waals surface area contributed by atoms with Crippen molar-refractivity contribution in [2.75, 3.05) is 0 Å². The summed E-state index contributed by atoms with van der Waals surface area (Å²) in [5.74, 6) is 0.561. The van der Waals surface area contributed by atoms with Gasteiger partial charge in [0.05, 0.1) is 0 Å². The molecule has 1 aliphatic carbocycles. The van der Waals surface area contributed by atoms with Crippen molar-refractivity contribution < 1.29 is 9.90 Å². The fourth-order valence-corrected chi connectivity index (χ4v) is 0.682. The average molecular weight is 115 g/mol. The van der Waals surface area contributed by atoms with Gasteiger partial charge in [0.15, 0.2) is 0 Å². The van der Waals surface area contributed by atoms with Gasteiger partial charge in [0.1, 0.15) is 0 Å². The van der Waals surface area contributed by atoms with Gasteiger partial charge in [-0.2, -0.15) is 0 Å². The van der Waals surface area contributed by atoms with Gasteiger partial charge in [-0.25, -0.2) is 4.79 Å². The van der Waals surface area contributed by atoms with E-state index >= 15 is 0 Å². The van der Waals surface area contributed by atoms with Gasteiger partial charge in [0, 0.05) is 6.04 Å². The summed E-state index contributed by atoms with van der Waals surface area (Å²) in [6.07, 6.45) is 0.103. The lowest BCUT2D eigenvalue weighted by Gasteiger charge is -1.92. The molecule has 0 aliphatic heterocycles. The lowest BCUT2D eigenvalue weighted by Crippen LogP contribution is -2.23. The predicted molar refractivity (Wildman–Crippen MR) is 28.7 cm³/mol. The van der Waals surface area contributed by atoms with Gasteiger partial charge in [-0.15, -0.1) is 0 Å². The van der Waals surface area contributed by atoms with E-state index in [9.17, 15) is 4.79 Å². The number of amides is 1. The first kappa shape index (κ1) is 5.41. The number of nitrogens with one attached hydrogen (secondary N) is 1. The van der Waals surface area contributed by atoms with Crippen LogP contribution < -0.4 is 5.32 Å². The number of hydrogen-bond acceptors (Lipinski definition) is 1. The SMILES string of the molecule is CC1CC1NC(=O)O. The highest BCUT2D eigenvalue weighted by molar-refractivity contribution is 5.65. The van der Waals surface area contributed by atoms with Gasteiger partial charge >= 0.3 is 6.09 Å². The van der Waals surface area contributed by atoms with E-state index in [4.69, 9.17) is 5.11 Å². The summed E-state index contributed by atoms with van der Waals surface area (Å²) in [5, 5.41) is 10.5. The summed E-state index contributed by atoms with van der Waals surface area (Å²) in [6.45, 7) is 2.03. The molecule has 3 nitrogen and oxygen atoms in total. The van der Waals surface area contributed by atoms with Gasteiger partial charge in [0.2, 0.25) is 0 Å². The molecule has 2 unspecified atom stereocenters. The zero-order valence-corrected chi connectivity index (χ0v) is 4.72. The lowest BCUT2D eigenvalue weighted by atomic mass is 10.5. The maximum Gasteiger partial charge on any atom is 0.404 e. The van der Waals surface area contributed by atoms with Crippen molar-refractivity contribution in [1.29, 1.82) is 0 Å². The molecule has 0 spiro atoms. The van der Waals surface area contributed by atoms with E-state index in [1.54, 1.807) is 0 Å². The highest BCUT2D eigenvalue weighted by Gasteiger charge is 2.33. The van der Waals surface area contributed by atoms with E-state index in [0.29, 0.717) is 5.92 Å². The average Bonchev–Trinajstić information content (AvgIpc) is 2.17. The Balaban J connectivity index is 2.14. The molecule has 0 radical (unpaired) electrons. The molecule has 0 heterocycles. The zero-order chi connectivity index (χ0) is 6.15. The lowest BCUT2D eigenvalue weighted by molar-refractivity contribution is 0.193. The summed E-state index contributed by atoms with van der Waals surface area (Å²) in [5.41, 5.74) is 0. The zero-order valence-electron chi connectivity index (χ0n) is 4.72. The molecular weight excluding hydrogens is 106 g/mol. The summed E-state index contributed by atoms with van der Waals surface area (Å²) in [6, 6.07) is 0.243. The number of carboxylic acid groups (broad SMARTS) is 1. The highest BCUT2D eigenvalue weighted by atomic mass is 16.4. The summed E-state index contributed by atoms with van der Waals surface area (Å²) in [7, 11) is 0. The third-order valence-electron chi connectivity index (χ3n) is 1.42. The number of hydrogen-bond donors (Lipinski definition) is 2. The first-order valence-electron chi connectivity index (χ1n) is 2.69. The Morgan fingerprint density at radius 2 is 2.38 bits per heavy atom. The summed E-state index contributed by atoms with van der Waals surface area (Å²) in [4.78, 5) is 9.88. The van der Waals surface area contributed by atoms with E-state index in [-0.39, 0.29) is 6.04 Å². The van der Waals surface area contributed by atoms with Crippen LogP contribution in [0.25, 0.3) is 0 Å². The molecule has 3 heteroatoms. The molecule has 1 fully saturated rings. The van der Waals surface area contributed by atoms with Gasteiger partial charge in [-0.3, -0.25) is 0 Å². The second-order valence-corrected chi connectivity index (χ2v) is 2.27. The Kier molecular flexibility index (Phi) is 1.12. The fourth-order valence-electron chi connectivity index (χ4n) is 0.682. The van der Waals surface area contributed by atoms with Crippen LogP contribution in [0.3, 0.4) is 0 Å². The second-order valence-electron chi connectivity index (χ2n) is 2.27. The summed E-state index contributed by atoms with van der Waals surface area (Å²) >= 11 is 0. The largest absolute Gasteiger partial charge is 0.465 e. The molecule has 2 atom stereocenters. The molecule has 1 amide bonds. The van der Waals surface area contributed by atoms with Crippen LogP contribution in [0.2, 0.25) is 0 Å². The molecule has 0 aromatic rings. The van der Waals surface area contributed by atoms with E-state index in [1.807, 2.05) is 6.92 Å². The Labute approximate surface area is 47.7 Å². The topological polar surface area (TPSA) is 49.3 Å². The van der Waals surface area contributed by atoms with Crippen molar-refractivity contribution in [2.24, 2.45) is 5.92 Å². The van der Waals surface area contributed by atoms with E-state index < -0.39 is 6.09 Å². The molecule has 1 rings (SSSR count). The molecule has 0 aromatic heterocycles. The highest BCUT2D eigenvalue weighted by Crippen LogP contribution is 2.28. The molecule has 46 valence electrons. The van der Waals surface area contributed by atoms with Crippen LogP contribution in [0.4, 0.5) is 4.79 Å². The van der Waals surface area contributed by atoms with Crippen molar-refractivity contribution in [3.8, 4) is 0 Å². The van der Waals surface area contributed by atoms with Crippen LogP contribution in [-0.2, 0) is 0 Å². The Bertz CT molecular complexity index is 113. The molecule has 0 aromatic carbocycles. The maximum atomic E-state index is 9.88. The van der Waals surface area contributed by atoms with Gasteiger partial charge in [-0.1, -0.05) is 6.92 Å². The van der Waals surface area contributed by atoms with Crippen LogP contribution in [-0.4, -0.2) is 17.2 Å². The molecule has 0 bridgehead atoms. The minimum atomic E-state index is -0.903. The Hall–Kier alpha value is -0.730. The molecule has 1 saturated carbocycles. The van der Waals surface area contributed by atoms with Crippen molar-refractivity contribution in [3.05, 3.63) is 0 Å². The molecular formula is C5H9NO2. The first-order chi connectivity index (χ1) is 3.70. The van der Waals surface area contributed by atoms with Crippen LogP contribution in [0, 0.1) is 5.92 Å². The molecule has 8 heavy (non-hydrogen) atoms. The molecule has 2 N–H and O–H groups in total. The fraction of sp³-hybridized carbons (Fsp3) is 0.800. The van der Waals surface area contributed by atoms with E-state index in [2.05, 4.69) is 5.32 Å². The number of rotatable bonds is 1. The van der Waals surface area contributed by atoms with Crippen molar-refractivity contribution >= 4 is 6.09 Å². The van der Waals surface area contributed by atoms with Gasteiger partial charge in [-0.05, 0) is 12.3 Å². The third-order valence-corrected chi connectivity index (χ3v) is 1.42. The van der Waals surface area contributed by atoms with Crippen molar-refractivity contribution in [1.82, 2.24) is 5.32 Å². The summed E-state index contributed by atoms with van der Waals surface area (Å²) < 4.78 is 0. The predicted octanol–water partition coefficient (Wildman–Crippen LogP) is 0.662. The van der Waals surface area contributed by atoms with Crippen molar-refractivity contribution in [3.63, 3.8) is 0 Å². The monoisotopic (exact) mass is 115 g/mol. The second kappa shape index (κ2) is 1.65. The molecule has 1 aliphatic rings. The van der Waals surface area contributed by atoms with E-state index in [0.717, 1.165) is 6.42 Å². The molecule has 0 saturated heterocycles. The third kappa shape index (κ3) is 1.12.